The van der Waals surface area contributed by atoms with Gasteiger partial charge in [-0.25, -0.2) is 0 Å². The van der Waals surface area contributed by atoms with Crippen LogP contribution < -0.4 is 5.32 Å². The molecular formula is C9H11BrClNOS. The first-order valence-corrected chi connectivity index (χ1v) is 6.50. The lowest BCUT2D eigenvalue weighted by Crippen LogP contribution is -2.35. The van der Waals surface area contributed by atoms with Gasteiger partial charge in [0.2, 0.25) is 0 Å². The third kappa shape index (κ3) is 2.70. The summed E-state index contributed by atoms with van der Waals surface area (Å²) < 4.78 is 6.43. The lowest BCUT2D eigenvalue weighted by molar-refractivity contribution is 0.190. The van der Waals surface area contributed by atoms with Crippen LogP contribution in [0.4, 0.5) is 0 Å². The summed E-state index contributed by atoms with van der Waals surface area (Å²) >= 11 is 11.2. The Balaban J connectivity index is 1.82. The average Bonchev–Trinajstić information content (AvgIpc) is 2.72. The van der Waals surface area contributed by atoms with Crippen LogP contribution in [-0.2, 0) is 11.3 Å². The maximum atomic E-state index is 6.06. The zero-order chi connectivity index (χ0) is 9.97. The van der Waals surface area contributed by atoms with Gasteiger partial charge in [-0.1, -0.05) is 0 Å². The number of hydrogen-bond donors (Lipinski definition) is 1. The monoisotopic (exact) mass is 295 g/mol. The molecule has 1 aliphatic heterocycles. The Morgan fingerprint density at radius 1 is 1.57 bits per heavy atom. The van der Waals surface area contributed by atoms with Crippen LogP contribution in [0.2, 0.25) is 0 Å². The van der Waals surface area contributed by atoms with Gasteiger partial charge < -0.3 is 10.1 Å². The fourth-order valence-corrected chi connectivity index (χ4v) is 3.08. The Kier molecular flexibility index (Phi) is 3.85. The molecule has 2 rings (SSSR count). The van der Waals surface area contributed by atoms with E-state index < -0.39 is 0 Å². The molecular weight excluding hydrogens is 286 g/mol. The minimum absolute atomic E-state index is 0.110. The van der Waals surface area contributed by atoms with Crippen molar-refractivity contribution in [3.8, 4) is 0 Å². The van der Waals surface area contributed by atoms with Crippen LogP contribution in [0.1, 0.15) is 4.88 Å². The van der Waals surface area contributed by atoms with Gasteiger partial charge in [-0.2, -0.15) is 0 Å². The molecule has 0 saturated carbocycles. The third-order valence-corrected chi connectivity index (χ3v) is 4.23. The van der Waals surface area contributed by atoms with Crippen LogP contribution in [0.3, 0.4) is 0 Å². The van der Waals surface area contributed by atoms with Crippen LogP contribution in [0.25, 0.3) is 0 Å². The van der Waals surface area contributed by atoms with Crippen molar-refractivity contribution in [3.05, 3.63) is 20.8 Å². The van der Waals surface area contributed by atoms with Gasteiger partial charge in [0.05, 0.1) is 22.4 Å². The summed E-state index contributed by atoms with van der Waals surface area (Å²) in [6.07, 6.45) is 0. The zero-order valence-corrected chi connectivity index (χ0v) is 10.7. The summed E-state index contributed by atoms with van der Waals surface area (Å²) in [6.45, 7) is 2.25. The molecule has 2 nitrogen and oxygen atoms in total. The quantitative estimate of drug-likeness (QED) is 0.866. The molecule has 2 heterocycles. The number of rotatable bonds is 3. The fraction of sp³-hybridized carbons (Fsp3) is 0.556. The maximum Gasteiger partial charge on any atom is 0.0745 e. The first-order chi connectivity index (χ1) is 6.75. The first-order valence-electron chi connectivity index (χ1n) is 4.45. The van der Waals surface area contributed by atoms with Gasteiger partial charge in [0.25, 0.3) is 0 Å². The normalized spacial score (nSPS) is 27.0. The second-order valence-electron chi connectivity index (χ2n) is 3.25. The molecule has 0 spiro atoms. The molecule has 1 aliphatic rings. The van der Waals surface area contributed by atoms with Gasteiger partial charge in [0.1, 0.15) is 0 Å². The smallest absolute Gasteiger partial charge is 0.0745 e. The molecule has 1 fully saturated rings. The van der Waals surface area contributed by atoms with Gasteiger partial charge in [0, 0.05) is 17.5 Å². The molecule has 0 aliphatic carbocycles. The molecule has 1 aromatic rings. The van der Waals surface area contributed by atoms with Crippen LogP contribution >= 0.6 is 38.9 Å². The third-order valence-electron chi connectivity index (χ3n) is 2.18. The van der Waals surface area contributed by atoms with Crippen molar-refractivity contribution in [2.75, 3.05) is 13.2 Å². The summed E-state index contributed by atoms with van der Waals surface area (Å²) in [7, 11) is 0. The van der Waals surface area contributed by atoms with Crippen LogP contribution in [0.5, 0.6) is 0 Å². The predicted molar refractivity (Wildman–Crippen MR) is 63.1 cm³/mol. The summed E-state index contributed by atoms with van der Waals surface area (Å²) in [6, 6.07) is 4.46. The van der Waals surface area contributed by atoms with E-state index >= 15 is 0 Å². The van der Waals surface area contributed by atoms with Crippen LogP contribution in [-0.4, -0.2) is 24.6 Å². The molecule has 1 aromatic heterocycles. The minimum atomic E-state index is 0.110. The number of alkyl halides is 1. The molecule has 0 bridgehead atoms. The maximum absolute atomic E-state index is 6.06. The standard InChI is InChI=1S/C9H11BrClNOS/c10-9-2-1-6(14-9)3-12-8-5-13-4-7(8)11/h1-2,7-8,12H,3-5H2. The molecule has 0 amide bonds. The zero-order valence-electron chi connectivity index (χ0n) is 7.50. The molecule has 2 unspecified atom stereocenters. The molecule has 14 heavy (non-hydrogen) atoms. The molecule has 2 atom stereocenters. The molecule has 78 valence electrons. The van der Waals surface area contributed by atoms with E-state index in [-0.39, 0.29) is 11.4 Å². The Hall–Kier alpha value is 0.390. The van der Waals surface area contributed by atoms with E-state index in [1.807, 2.05) is 0 Å². The number of ether oxygens (including phenoxy) is 1. The van der Waals surface area contributed by atoms with Gasteiger partial charge in [0.15, 0.2) is 0 Å². The average molecular weight is 297 g/mol. The summed E-state index contributed by atoms with van der Waals surface area (Å²) in [5.41, 5.74) is 0. The van der Waals surface area contributed by atoms with Gasteiger partial charge in [-0.05, 0) is 28.1 Å². The van der Waals surface area contributed by atoms with E-state index in [0.29, 0.717) is 6.61 Å². The summed E-state index contributed by atoms with van der Waals surface area (Å²) in [4.78, 5) is 1.31. The van der Waals surface area contributed by atoms with Gasteiger partial charge >= 0.3 is 0 Å². The predicted octanol–water partition coefficient (Wildman–Crippen LogP) is 2.61. The fourth-order valence-electron chi connectivity index (χ4n) is 1.39. The second kappa shape index (κ2) is 4.94. The van der Waals surface area contributed by atoms with Crippen molar-refractivity contribution in [3.63, 3.8) is 0 Å². The van der Waals surface area contributed by atoms with Crippen LogP contribution in [0.15, 0.2) is 15.9 Å². The minimum Gasteiger partial charge on any atom is -0.378 e. The van der Waals surface area contributed by atoms with E-state index in [0.717, 1.165) is 13.2 Å². The molecule has 5 heteroatoms. The Morgan fingerprint density at radius 3 is 3.00 bits per heavy atom. The van der Waals surface area contributed by atoms with Crippen molar-refractivity contribution in [2.45, 2.75) is 18.0 Å². The molecule has 1 N–H and O–H groups in total. The van der Waals surface area contributed by atoms with Gasteiger partial charge in [-0.15, -0.1) is 22.9 Å². The van der Waals surface area contributed by atoms with Crippen molar-refractivity contribution in [2.24, 2.45) is 0 Å². The number of thiophene rings is 1. The molecule has 0 radical (unpaired) electrons. The summed E-state index contributed by atoms with van der Waals surface area (Å²) in [5, 5.41) is 3.50. The van der Waals surface area contributed by atoms with Crippen molar-refractivity contribution in [1.29, 1.82) is 0 Å². The van der Waals surface area contributed by atoms with E-state index in [9.17, 15) is 0 Å². The highest BCUT2D eigenvalue weighted by atomic mass is 79.9. The first kappa shape index (κ1) is 10.9. The molecule has 0 aromatic carbocycles. The van der Waals surface area contributed by atoms with E-state index in [2.05, 4.69) is 33.4 Å². The SMILES string of the molecule is ClC1COCC1NCc1ccc(Br)s1. The molecule has 1 saturated heterocycles. The number of halogens is 2. The van der Waals surface area contributed by atoms with Gasteiger partial charge in [-0.3, -0.25) is 0 Å². The van der Waals surface area contributed by atoms with Crippen molar-refractivity contribution in [1.82, 2.24) is 5.32 Å². The highest BCUT2D eigenvalue weighted by Gasteiger charge is 2.25. The van der Waals surface area contributed by atoms with Crippen LogP contribution in [0, 0.1) is 0 Å². The number of hydrogen-bond acceptors (Lipinski definition) is 3. The van der Waals surface area contributed by atoms with E-state index in [1.165, 1.54) is 8.66 Å². The lowest BCUT2D eigenvalue weighted by Gasteiger charge is -2.12. The second-order valence-corrected chi connectivity index (χ2v) is 6.35. The lowest BCUT2D eigenvalue weighted by atomic mass is 10.2. The largest absolute Gasteiger partial charge is 0.378 e. The highest BCUT2D eigenvalue weighted by molar-refractivity contribution is 9.11. The topological polar surface area (TPSA) is 21.3 Å². The number of nitrogens with one attached hydrogen (secondary N) is 1. The Bertz CT molecular complexity index is 307. The Labute approximate surface area is 101 Å². The van der Waals surface area contributed by atoms with Crippen molar-refractivity contribution < 1.29 is 4.74 Å². The van der Waals surface area contributed by atoms with Crippen molar-refractivity contribution >= 4 is 38.9 Å². The van der Waals surface area contributed by atoms with E-state index in [4.69, 9.17) is 16.3 Å². The Morgan fingerprint density at radius 2 is 2.43 bits per heavy atom. The van der Waals surface area contributed by atoms with E-state index in [1.54, 1.807) is 11.3 Å². The summed E-state index contributed by atoms with van der Waals surface area (Å²) in [5.74, 6) is 0. The highest BCUT2D eigenvalue weighted by Crippen LogP contribution is 2.22.